The van der Waals surface area contributed by atoms with E-state index < -0.39 is 12.1 Å². The zero-order chi connectivity index (χ0) is 16.8. The molecule has 0 radical (unpaired) electrons. The summed E-state index contributed by atoms with van der Waals surface area (Å²) in [6, 6.07) is 9.82. The van der Waals surface area contributed by atoms with Gasteiger partial charge in [-0.1, -0.05) is 30.3 Å². The molecule has 0 fully saturated rings. The lowest BCUT2D eigenvalue weighted by atomic mass is 10.0. The highest BCUT2D eigenvalue weighted by Crippen LogP contribution is 2.21. The van der Waals surface area contributed by atoms with Gasteiger partial charge in [0.2, 0.25) is 0 Å². The van der Waals surface area contributed by atoms with Crippen LogP contribution in [0.1, 0.15) is 31.9 Å². The number of amides is 1. The van der Waals surface area contributed by atoms with E-state index in [9.17, 15) is 14.7 Å². The number of hydrogen-bond donors (Lipinski definition) is 2. The summed E-state index contributed by atoms with van der Waals surface area (Å²) in [6.45, 7) is 4.49. The summed E-state index contributed by atoms with van der Waals surface area (Å²) in [5, 5.41) is 12.7. The van der Waals surface area contributed by atoms with Gasteiger partial charge in [-0.3, -0.25) is 0 Å². The molecule has 0 saturated heterocycles. The molecule has 0 aromatic heterocycles. The Hall–Kier alpha value is -2.50. The number of rotatable bonds is 5. The van der Waals surface area contributed by atoms with Crippen molar-refractivity contribution in [2.45, 2.75) is 26.3 Å². The number of aliphatic carboxylic acids is 1. The number of nitrogens with one attached hydrogen (secondary N) is 1. The summed E-state index contributed by atoms with van der Waals surface area (Å²) in [4.78, 5) is 24.7. The van der Waals surface area contributed by atoms with Crippen molar-refractivity contribution in [1.29, 1.82) is 0 Å². The van der Waals surface area contributed by atoms with Gasteiger partial charge in [-0.15, -0.1) is 0 Å². The van der Waals surface area contributed by atoms with Crippen LogP contribution in [0.2, 0.25) is 0 Å². The first-order chi connectivity index (χ1) is 11.0. The number of ether oxygens (including phenoxy) is 1. The number of nitrogens with zero attached hydrogens (tertiary/aromatic N) is 1. The molecule has 1 aromatic carbocycles. The van der Waals surface area contributed by atoms with E-state index >= 15 is 0 Å². The lowest BCUT2D eigenvalue weighted by molar-refractivity contribution is -0.133. The third-order valence-corrected chi connectivity index (χ3v) is 3.82. The topological polar surface area (TPSA) is 78.9 Å². The molecule has 1 heterocycles. The predicted molar refractivity (Wildman–Crippen MR) is 85.9 cm³/mol. The minimum Gasteiger partial charge on any atom is -0.478 e. The Labute approximate surface area is 135 Å². The van der Waals surface area contributed by atoms with Crippen molar-refractivity contribution in [3.63, 3.8) is 0 Å². The minimum absolute atomic E-state index is 0.00491. The maximum atomic E-state index is 11.8. The van der Waals surface area contributed by atoms with Gasteiger partial charge in [0.25, 0.3) is 0 Å². The third kappa shape index (κ3) is 4.25. The molecule has 0 bridgehead atoms. The van der Waals surface area contributed by atoms with Crippen LogP contribution in [-0.4, -0.2) is 41.8 Å². The molecule has 1 aliphatic rings. The van der Waals surface area contributed by atoms with Crippen molar-refractivity contribution < 1.29 is 19.4 Å². The van der Waals surface area contributed by atoms with E-state index in [0.29, 0.717) is 18.7 Å². The summed E-state index contributed by atoms with van der Waals surface area (Å²) in [5.41, 5.74) is 1.97. The number of benzene rings is 1. The van der Waals surface area contributed by atoms with Crippen LogP contribution >= 0.6 is 0 Å². The first kappa shape index (κ1) is 16.9. The van der Waals surface area contributed by atoms with Crippen molar-refractivity contribution in [3.8, 4) is 0 Å². The number of carboxylic acid groups (broad SMARTS) is 1. The van der Waals surface area contributed by atoms with Gasteiger partial charge in [0, 0.05) is 24.7 Å². The van der Waals surface area contributed by atoms with Gasteiger partial charge in [0.1, 0.15) is 0 Å². The SMILES string of the molecule is CCOC(=O)N1CCC(N[C@H](C)c2ccccc2)=C(C(=O)O)C1. The van der Waals surface area contributed by atoms with E-state index in [1.807, 2.05) is 37.3 Å². The van der Waals surface area contributed by atoms with Crippen LogP contribution in [0.3, 0.4) is 0 Å². The normalized spacial score (nSPS) is 16.0. The van der Waals surface area contributed by atoms with Crippen molar-refractivity contribution >= 4 is 12.1 Å². The number of carbonyl (C=O) groups is 2. The molecule has 2 rings (SSSR count). The summed E-state index contributed by atoms with van der Waals surface area (Å²) in [5.74, 6) is -1.01. The highest BCUT2D eigenvalue weighted by molar-refractivity contribution is 5.89. The summed E-state index contributed by atoms with van der Waals surface area (Å²) in [6.07, 6.45) is -0.00106. The first-order valence-corrected chi connectivity index (χ1v) is 7.71. The van der Waals surface area contributed by atoms with Gasteiger partial charge in [0.05, 0.1) is 18.7 Å². The Morgan fingerprint density at radius 1 is 1.35 bits per heavy atom. The quantitative estimate of drug-likeness (QED) is 0.872. The Balaban J connectivity index is 2.13. The fourth-order valence-electron chi connectivity index (χ4n) is 2.58. The second-order valence-electron chi connectivity index (χ2n) is 5.41. The summed E-state index contributed by atoms with van der Waals surface area (Å²) < 4.78 is 4.95. The molecule has 0 aliphatic carbocycles. The van der Waals surface area contributed by atoms with Crippen molar-refractivity contribution in [1.82, 2.24) is 10.2 Å². The van der Waals surface area contributed by atoms with Crippen LogP contribution < -0.4 is 5.32 Å². The molecule has 0 unspecified atom stereocenters. The second kappa shape index (κ2) is 7.67. The average molecular weight is 318 g/mol. The maximum absolute atomic E-state index is 11.8. The molecule has 6 heteroatoms. The Morgan fingerprint density at radius 3 is 2.65 bits per heavy atom. The van der Waals surface area contributed by atoms with Crippen LogP contribution in [0, 0.1) is 0 Å². The fraction of sp³-hybridized carbons (Fsp3) is 0.412. The molecule has 6 nitrogen and oxygen atoms in total. The maximum Gasteiger partial charge on any atom is 0.410 e. The molecular weight excluding hydrogens is 296 g/mol. The van der Waals surface area contributed by atoms with Gasteiger partial charge >= 0.3 is 12.1 Å². The standard InChI is InChI=1S/C17H22N2O4/c1-3-23-17(22)19-10-9-15(14(11-19)16(20)21)18-12(2)13-7-5-4-6-8-13/h4-8,12,18H,3,9-11H2,1-2H3,(H,20,21)/t12-/m1/s1. The van der Waals surface area contributed by atoms with E-state index in [1.165, 1.54) is 4.90 Å². The molecule has 1 aromatic rings. The van der Waals surface area contributed by atoms with Gasteiger partial charge in [-0.25, -0.2) is 9.59 Å². The van der Waals surface area contributed by atoms with E-state index in [4.69, 9.17) is 4.74 Å². The molecule has 23 heavy (non-hydrogen) atoms. The van der Waals surface area contributed by atoms with Crippen LogP contribution in [0.25, 0.3) is 0 Å². The third-order valence-electron chi connectivity index (χ3n) is 3.82. The summed E-state index contributed by atoms with van der Waals surface area (Å²) >= 11 is 0. The number of carbonyl (C=O) groups excluding carboxylic acids is 1. The Kier molecular flexibility index (Phi) is 5.62. The zero-order valence-corrected chi connectivity index (χ0v) is 13.4. The lowest BCUT2D eigenvalue weighted by Crippen LogP contribution is -2.41. The van der Waals surface area contributed by atoms with Crippen LogP contribution in [0.4, 0.5) is 4.79 Å². The molecule has 1 atom stereocenters. The van der Waals surface area contributed by atoms with Gasteiger partial charge in [0.15, 0.2) is 0 Å². The molecule has 124 valence electrons. The fourth-order valence-corrected chi connectivity index (χ4v) is 2.58. The second-order valence-corrected chi connectivity index (χ2v) is 5.41. The monoisotopic (exact) mass is 318 g/mol. The highest BCUT2D eigenvalue weighted by atomic mass is 16.6. The minimum atomic E-state index is -1.01. The van der Waals surface area contributed by atoms with Crippen molar-refractivity contribution in [3.05, 3.63) is 47.2 Å². The molecule has 2 N–H and O–H groups in total. The zero-order valence-electron chi connectivity index (χ0n) is 13.4. The molecular formula is C17H22N2O4. The predicted octanol–water partition coefficient (Wildman–Crippen LogP) is 2.54. The summed E-state index contributed by atoms with van der Waals surface area (Å²) in [7, 11) is 0. The largest absolute Gasteiger partial charge is 0.478 e. The van der Waals surface area contributed by atoms with Gasteiger partial charge in [-0.2, -0.15) is 0 Å². The van der Waals surface area contributed by atoms with E-state index in [-0.39, 0.29) is 24.8 Å². The van der Waals surface area contributed by atoms with Gasteiger partial charge in [-0.05, 0) is 19.4 Å². The average Bonchev–Trinajstić information content (AvgIpc) is 2.56. The number of hydrogen-bond acceptors (Lipinski definition) is 4. The number of carboxylic acids is 1. The Morgan fingerprint density at radius 2 is 2.04 bits per heavy atom. The van der Waals surface area contributed by atoms with E-state index in [1.54, 1.807) is 6.92 Å². The van der Waals surface area contributed by atoms with Crippen LogP contribution in [0.5, 0.6) is 0 Å². The van der Waals surface area contributed by atoms with Crippen LogP contribution in [-0.2, 0) is 9.53 Å². The van der Waals surface area contributed by atoms with Crippen LogP contribution in [0.15, 0.2) is 41.6 Å². The molecule has 0 spiro atoms. The van der Waals surface area contributed by atoms with E-state index in [0.717, 1.165) is 5.56 Å². The molecule has 0 saturated carbocycles. The van der Waals surface area contributed by atoms with Gasteiger partial charge < -0.3 is 20.1 Å². The van der Waals surface area contributed by atoms with Crippen molar-refractivity contribution in [2.75, 3.05) is 19.7 Å². The smallest absolute Gasteiger partial charge is 0.410 e. The Bertz CT molecular complexity index is 598. The lowest BCUT2D eigenvalue weighted by Gasteiger charge is -2.30. The van der Waals surface area contributed by atoms with E-state index in [2.05, 4.69) is 5.32 Å². The van der Waals surface area contributed by atoms with Crippen molar-refractivity contribution in [2.24, 2.45) is 0 Å². The molecule has 1 aliphatic heterocycles. The molecule has 1 amide bonds. The highest BCUT2D eigenvalue weighted by Gasteiger charge is 2.28. The first-order valence-electron chi connectivity index (χ1n) is 7.71.